The van der Waals surface area contributed by atoms with Crippen LogP contribution in [0.15, 0.2) is 5.38 Å². The van der Waals surface area contributed by atoms with Crippen molar-refractivity contribution in [3.05, 3.63) is 11.1 Å². The molecular formula is C6H10FN3S. The molecule has 0 saturated carbocycles. The second kappa shape index (κ2) is 5.15. The third-order valence-corrected chi connectivity index (χ3v) is 1.75. The minimum absolute atomic E-state index is 0.262. The summed E-state index contributed by atoms with van der Waals surface area (Å²) in [6, 6.07) is 0. The Labute approximate surface area is 68.8 Å². The Morgan fingerprint density at radius 2 is 2.55 bits per heavy atom. The lowest BCUT2D eigenvalue weighted by Gasteiger charge is -1.97. The van der Waals surface area contributed by atoms with Crippen LogP contribution in [0, 0.1) is 0 Å². The normalized spacial score (nSPS) is 10.3. The van der Waals surface area contributed by atoms with Crippen molar-refractivity contribution in [1.82, 2.24) is 14.9 Å². The molecule has 0 bridgehead atoms. The predicted octanol–water partition coefficient (Wildman–Crippen LogP) is 0.987. The molecule has 0 fully saturated rings. The van der Waals surface area contributed by atoms with E-state index >= 15 is 0 Å². The Kier molecular flexibility index (Phi) is 4.00. The molecule has 1 rings (SSSR count). The molecule has 0 unspecified atom stereocenters. The van der Waals surface area contributed by atoms with E-state index in [1.165, 1.54) is 11.5 Å². The highest BCUT2D eigenvalue weighted by Crippen LogP contribution is 1.95. The van der Waals surface area contributed by atoms with Crippen molar-refractivity contribution in [3.8, 4) is 0 Å². The Hall–Kier alpha value is -0.550. The van der Waals surface area contributed by atoms with E-state index in [1.807, 2.05) is 5.38 Å². The van der Waals surface area contributed by atoms with Crippen LogP contribution in [0.4, 0.5) is 4.39 Å². The van der Waals surface area contributed by atoms with Crippen LogP contribution in [0.25, 0.3) is 0 Å². The molecule has 0 aliphatic heterocycles. The number of nitrogens with zero attached hydrogens (tertiary/aromatic N) is 2. The van der Waals surface area contributed by atoms with Crippen molar-refractivity contribution in [3.63, 3.8) is 0 Å². The smallest absolute Gasteiger partial charge is 0.0906 e. The summed E-state index contributed by atoms with van der Waals surface area (Å²) in [7, 11) is 0. The van der Waals surface area contributed by atoms with Gasteiger partial charge in [0.1, 0.15) is 0 Å². The molecule has 1 N–H and O–H groups in total. The molecule has 1 aromatic heterocycles. The third kappa shape index (κ3) is 3.38. The van der Waals surface area contributed by atoms with Crippen molar-refractivity contribution in [1.29, 1.82) is 0 Å². The maximum absolute atomic E-state index is 11.6. The molecule has 5 heteroatoms. The standard InChI is InChI=1S/C6H10FN3S/c7-2-1-3-8-4-6-5-11-10-9-6/h5,8H,1-4H2. The number of hydrogen-bond donors (Lipinski definition) is 1. The summed E-state index contributed by atoms with van der Waals surface area (Å²) >= 11 is 1.33. The molecule has 0 atom stereocenters. The van der Waals surface area contributed by atoms with Gasteiger partial charge in [-0.05, 0) is 24.5 Å². The van der Waals surface area contributed by atoms with Gasteiger partial charge >= 0.3 is 0 Å². The lowest BCUT2D eigenvalue weighted by Crippen LogP contribution is -2.15. The van der Waals surface area contributed by atoms with E-state index in [2.05, 4.69) is 14.9 Å². The fourth-order valence-electron chi connectivity index (χ4n) is 0.669. The Morgan fingerprint density at radius 3 is 3.18 bits per heavy atom. The first-order valence-electron chi connectivity index (χ1n) is 3.46. The molecule has 11 heavy (non-hydrogen) atoms. The molecule has 0 spiro atoms. The highest BCUT2D eigenvalue weighted by atomic mass is 32.1. The van der Waals surface area contributed by atoms with Gasteiger partial charge in [0, 0.05) is 11.9 Å². The van der Waals surface area contributed by atoms with E-state index < -0.39 is 0 Å². The van der Waals surface area contributed by atoms with Crippen molar-refractivity contribution >= 4 is 11.5 Å². The summed E-state index contributed by atoms with van der Waals surface area (Å²) in [4.78, 5) is 0. The van der Waals surface area contributed by atoms with Crippen LogP contribution in [-0.4, -0.2) is 22.8 Å². The monoisotopic (exact) mass is 175 g/mol. The molecule has 1 aromatic rings. The minimum Gasteiger partial charge on any atom is -0.311 e. The molecule has 0 radical (unpaired) electrons. The molecule has 0 aliphatic carbocycles. The summed E-state index contributed by atoms with van der Waals surface area (Å²) in [6.07, 6.45) is 0.567. The van der Waals surface area contributed by atoms with Gasteiger partial charge in [-0.15, -0.1) is 5.10 Å². The van der Waals surface area contributed by atoms with Gasteiger partial charge in [0.05, 0.1) is 12.4 Å². The Morgan fingerprint density at radius 1 is 1.64 bits per heavy atom. The molecular weight excluding hydrogens is 165 g/mol. The summed E-state index contributed by atoms with van der Waals surface area (Å²) in [6.45, 7) is 1.13. The predicted molar refractivity (Wildman–Crippen MR) is 42.2 cm³/mol. The van der Waals surface area contributed by atoms with E-state index in [0.717, 1.165) is 5.69 Å². The van der Waals surface area contributed by atoms with Crippen LogP contribution in [0.1, 0.15) is 12.1 Å². The van der Waals surface area contributed by atoms with Gasteiger partial charge < -0.3 is 5.32 Å². The van der Waals surface area contributed by atoms with Gasteiger partial charge in [0.25, 0.3) is 0 Å². The molecule has 0 amide bonds. The summed E-state index contributed by atoms with van der Waals surface area (Å²) < 4.78 is 15.3. The van der Waals surface area contributed by atoms with Crippen LogP contribution in [0.2, 0.25) is 0 Å². The maximum Gasteiger partial charge on any atom is 0.0906 e. The average Bonchev–Trinajstić information content (AvgIpc) is 2.50. The topological polar surface area (TPSA) is 37.8 Å². The first-order valence-corrected chi connectivity index (χ1v) is 4.30. The van der Waals surface area contributed by atoms with Crippen molar-refractivity contribution in [2.24, 2.45) is 0 Å². The molecule has 3 nitrogen and oxygen atoms in total. The quantitative estimate of drug-likeness (QED) is 0.678. The number of aromatic nitrogens is 2. The van der Waals surface area contributed by atoms with Gasteiger partial charge in [-0.25, -0.2) is 0 Å². The second-order valence-electron chi connectivity index (χ2n) is 2.12. The van der Waals surface area contributed by atoms with Crippen LogP contribution in [-0.2, 0) is 6.54 Å². The second-order valence-corrected chi connectivity index (χ2v) is 2.73. The summed E-state index contributed by atoms with van der Waals surface area (Å²) in [5, 5.41) is 8.76. The maximum atomic E-state index is 11.6. The summed E-state index contributed by atoms with van der Waals surface area (Å²) in [5.41, 5.74) is 0.925. The van der Waals surface area contributed by atoms with Crippen molar-refractivity contribution < 1.29 is 4.39 Å². The minimum atomic E-state index is -0.262. The molecule has 1 heterocycles. The van der Waals surface area contributed by atoms with E-state index in [1.54, 1.807) is 0 Å². The van der Waals surface area contributed by atoms with Gasteiger partial charge in [-0.1, -0.05) is 4.49 Å². The highest BCUT2D eigenvalue weighted by molar-refractivity contribution is 7.03. The number of alkyl halides is 1. The molecule has 62 valence electrons. The highest BCUT2D eigenvalue weighted by Gasteiger charge is 1.93. The molecule has 0 saturated heterocycles. The van der Waals surface area contributed by atoms with Crippen LogP contribution >= 0.6 is 11.5 Å². The first kappa shape index (κ1) is 8.55. The van der Waals surface area contributed by atoms with Gasteiger partial charge in [-0.2, -0.15) is 0 Å². The first-order chi connectivity index (χ1) is 5.43. The van der Waals surface area contributed by atoms with Crippen molar-refractivity contribution in [2.45, 2.75) is 13.0 Å². The SMILES string of the molecule is FCCCNCc1csnn1. The lowest BCUT2D eigenvalue weighted by molar-refractivity contribution is 0.458. The number of nitrogens with one attached hydrogen (secondary N) is 1. The fourth-order valence-corrected chi connectivity index (χ4v) is 1.12. The zero-order chi connectivity index (χ0) is 7.94. The van der Waals surface area contributed by atoms with E-state index in [9.17, 15) is 4.39 Å². The number of hydrogen-bond acceptors (Lipinski definition) is 4. The fraction of sp³-hybridized carbons (Fsp3) is 0.667. The van der Waals surface area contributed by atoms with Gasteiger partial charge in [0.15, 0.2) is 0 Å². The third-order valence-electron chi connectivity index (χ3n) is 1.20. The molecule has 0 aliphatic rings. The van der Waals surface area contributed by atoms with Crippen LogP contribution < -0.4 is 5.32 Å². The van der Waals surface area contributed by atoms with Crippen molar-refractivity contribution in [2.75, 3.05) is 13.2 Å². The number of halogens is 1. The van der Waals surface area contributed by atoms with Gasteiger partial charge in [0.2, 0.25) is 0 Å². The van der Waals surface area contributed by atoms with E-state index in [-0.39, 0.29) is 6.67 Å². The largest absolute Gasteiger partial charge is 0.311 e. The Bertz CT molecular complexity index is 178. The lowest BCUT2D eigenvalue weighted by atomic mass is 10.4. The number of rotatable bonds is 5. The Balaban J connectivity index is 2.04. The zero-order valence-electron chi connectivity index (χ0n) is 6.09. The van der Waals surface area contributed by atoms with Crippen LogP contribution in [0.3, 0.4) is 0 Å². The van der Waals surface area contributed by atoms with E-state index in [0.29, 0.717) is 19.5 Å². The van der Waals surface area contributed by atoms with Crippen LogP contribution in [0.5, 0.6) is 0 Å². The molecule has 0 aromatic carbocycles. The zero-order valence-corrected chi connectivity index (χ0v) is 6.90. The average molecular weight is 175 g/mol. The van der Waals surface area contributed by atoms with Gasteiger partial charge in [-0.3, -0.25) is 4.39 Å². The summed E-state index contributed by atoms with van der Waals surface area (Å²) in [5.74, 6) is 0. The van der Waals surface area contributed by atoms with E-state index in [4.69, 9.17) is 0 Å².